The molecule has 4 rings (SSSR count). The first-order valence-electron chi connectivity index (χ1n) is 8.90. The van der Waals surface area contributed by atoms with Gasteiger partial charge in [0.1, 0.15) is 18.1 Å². The summed E-state index contributed by atoms with van der Waals surface area (Å²) >= 11 is 0. The summed E-state index contributed by atoms with van der Waals surface area (Å²) in [5, 5.41) is 12.5. The molecule has 7 nitrogen and oxygen atoms in total. The molecule has 29 heavy (non-hydrogen) atoms. The second-order valence-corrected chi connectivity index (χ2v) is 6.43. The summed E-state index contributed by atoms with van der Waals surface area (Å²) in [4.78, 5) is 13.9. The van der Waals surface area contributed by atoms with E-state index in [1.807, 2.05) is 30.3 Å². The maximum absolute atomic E-state index is 13.1. The molecule has 4 aromatic rings. The van der Waals surface area contributed by atoms with Gasteiger partial charge in [-0.25, -0.2) is 9.18 Å². The normalized spacial score (nSPS) is 10.9. The highest BCUT2D eigenvalue weighted by molar-refractivity contribution is 5.88. The van der Waals surface area contributed by atoms with Gasteiger partial charge in [-0.1, -0.05) is 23.4 Å². The second-order valence-electron chi connectivity index (χ2n) is 6.43. The van der Waals surface area contributed by atoms with E-state index in [1.54, 1.807) is 26.0 Å². The molecule has 146 valence electrons. The Kier molecular flexibility index (Phi) is 4.90. The third-order valence-electron chi connectivity index (χ3n) is 4.43. The van der Waals surface area contributed by atoms with Gasteiger partial charge in [-0.15, -0.1) is 5.10 Å². The highest BCUT2D eigenvalue weighted by atomic mass is 19.1. The molecule has 2 aromatic heterocycles. The van der Waals surface area contributed by atoms with Crippen molar-refractivity contribution >= 4 is 5.97 Å². The van der Waals surface area contributed by atoms with Crippen molar-refractivity contribution < 1.29 is 18.4 Å². The Hall–Kier alpha value is -3.81. The van der Waals surface area contributed by atoms with Crippen LogP contribution in [0, 0.1) is 19.7 Å². The van der Waals surface area contributed by atoms with Gasteiger partial charge in [0.15, 0.2) is 11.5 Å². The van der Waals surface area contributed by atoms with Crippen molar-refractivity contribution in [3.05, 3.63) is 83.1 Å². The fourth-order valence-electron chi connectivity index (χ4n) is 2.82. The van der Waals surface area contributed by atoms with Crippen molar-refractivity contribution in [3.8, 4) is 17.0 Å². The largest absolute Gasteiger partial charge is 0.454 e. The summed E-state index contributed by atoms with van der Waals surface area (Å²) in [6.45, 7) is 3.42. The Labute approximate surface area is 165 Å². The highest BCUT2D eigenvalue weighted by Gasteiger charge is 2.20. The number of nitrogens with zero attached hydrogens (tertiary/aromatic N) is 4. The number of hydrogen-bond donors (Lipinski definition) is 0. The van der Waals surface area contributed by atoms with Crippen LogP contribution in [0.3, 0.4) is 0 Å². The summed E-state index contributed by atoms with van der Waals surface area (Å²) in [6.07, 6.45) is 0. The molecule has 0 N–H and O–H groups in total. The van der Waals surface area contributed by atoms with E-state index in [4.69, 9.17) is 9.26 Å². The lowest BCUT2D eigenvalue weighted by Gasteiger charge is -2.02. The number of ether oxygens (including phenoxy) is 1. The van der Waals surface area contributed by atoms with Crippen molar-refractivity contribution in [3.63, 3.8) is 0 Å². The predicted molar refractivity (Wildman–Crippen MR) is 102 cm³/mol. The second kappa shape index (κ2) is 7.67. The Bertz CT molecular complexity index is 1150. The van der Waals surface area contributed by atoms with E-state index >= 15 is 0 Å². The van der Waals surface area contributed by atoms with Gasteiger partial charge in [-0.2, -0.15) is 9.90 Å². The summed E-state index contributed by atoms with van der Waals surface area (Å²) in [5.41, 5.74) is 3.22. The summed E-state index contributed by atoms with van der Waals surface area (Å²) in [6, 6.07) is 15.2. The summed E-state index contributed by atoms with van der Waals surface area (Å²) in [5.74, 6) is -0.434. The van der Waals surface area contributed by atoms with E-state index in [2.05, 4.69) is 15.4 Å². The monoisotopic (exact) mass is 392 g/mol. The maximum Gasteiger partial charge on any atom is 0.361 e. The van der Waals surface area contributed by atoms with Crippen LogP contribution in [0.25, 0.3) is 17.0 Å². The predicted octanol–water partition coefficient (Wildman–Crippen LogP) is 4.04. The zero-order valence-electron chi connectivity index (χ0n) is 15.8. The van der Waals surface area contributed by atoms with Gasteiger partial charge in [0.2, 0.25) is 0 Å². The molecular weight excluding hydrogens is 375 g/mol. The molecule has 0 saturated carbocycles. The van der Waals surface area contributed by atoms with Crippen LogP contribution in [0.4, 0.5) is 4.39 Å². The number of benzene rings is 2. The van der Waals surface area contributed by atoms with Crippen LogP contribution < -0.4 is 0 Å². The van der Waals surface area contributed by atoms with Gasteiger partial charge in [0, 0.05) is 11.1 Å². The number of esters is 1. The van der Waals surface area contributed by atoms with Gasteiger partial charge in [-0.3, -0.25) is 0 Å². The fourth-order valence-corrected chi connectivity index (χ4v) is 2.82. The van der Waals surface area contributed by atoms with E-state index < -0.39 is 5.97 Å². The quantitative estimate of drug-likeness (QED) is 0.477. The minimum absolute atomic E-state index is 0.0764. The van der Waals surface area contributed by atoms with Crippen molar-refractivity contribution in [2.45, 2.75) is 20.5 Å². The summed E-state index contributed by atoms with van der Waals surface area (Å²) in [7, 11) is 0. The first-order chi connectivity index (χ1) is 14.0. The van der Waals surface area contributed by atoms with Gasteiger partial charge in [-0.05, 0) is 50.2 Å². The number of hydrogen-bond acceptors (Lipinski definition) is 6. The Balaban J connectivity index is 1.48. The molecule has 0 aliphatic rings. The topological polar surface area (TPSA) is 83.0 Å². The van der Waals surface area contributed by atoms with E-state index in [0.717, 1.165) is 5.69 Å². The van der Waals surface area contributed by atoms with Crippen LogP contribution in [0.5, 0.6) is 0 Å². The minimum atomic E-state index is -0.601. The third-order valence-corrected chi connectivity index (χ3v) is 4.43. The lowest BCUT2D eigenvalue weighted by Crippen LogP contribution is -2.09. The van der Waals surface area contributed by atoms with Crippen molar-refractivity contribution in [2.75, 3.05) is 0 Å². The first-order valence-corrected chi connectivity index (χ1v) is 8.90. The number of para-hydroxylation sites is 1. The average Bonchev–Trinajstić information content (AvgIpc) is 3.30. The molecule has 0 unspecified atom stereocenters. The standard InChI is InChI=1S/C21H17FN4O3/c1-13-18(25-29-20(13)15-8-10-16(22)11-9-15)12-28-21(27)19-14(2)23-26(24-19)17-6-4-3-5-7-17/h3-11H,12H2,1-2H3. The minimum Gasteiger partial charge on any atom is -0.454 e. The maximum atomic E-state index is 13.1. The molecule has 0 saturated heterocycles. The number of halogens is 1. The number of rotatable bonds is 5. The Morgan fingerprint density at radius 2 is 1.79 bits per heavy atom. The SMILES string of the molecule is Cc1nn(-c2ccccc2)nc1C(=O)OCc1noc(-c2ccc(F)cc2)c1C. The Morgan fingerprint density at radius 3 is 2.52 bits per heavy atom. The molecule has 2 heterocycles. The molecule has 0 aliphatic heterocycles. The number of carbonyl (C=O) groups is 1. The van der Waals surface area contributed by atoms with Crippen LogP contribution >= 0.6 is 0 Å². The average molecular weight is 392 g/mol. The number of carbonyl (C=O) groups excluding carboxylic acids is 1. The smallest absolute Gasteiger partial charge is 0.361 e. The molecule has 0 radical (unpaired) electrons. The molecule has 8 heteroatoms. The lowest BCUT2D eigenvalue weighted by atomic mass is 10.1. The molecule has 0 spiro atoms. The number of aryl methyl sites for hydroxylation is 1. The van der Waals surface area contributed by atoms with E-state index in [0.29, 0.717) is 28.3 Å². The number of aromatic nitrogens is 4. The van der Waals surface area contributed by atoms with Gasteiger partial charge in [0.05, 0.1) is 11.4 Å². The fraction of sp³-hybridized carbons (Fsp3) is 0.143. The molecule has 2 aromatic carbocycles. The van der Waals surface area contributed by atoms with Gasteiger partial charge >= 0.3 is 5.97 Å². The van der Waals surface area contributed by atoms with Crippen LogP contribution in [-0.4, -0.2) is 26.1 Å². The third kappa shape index (κ3) is 3.77. The molecule has 0 amide bonds. The van der Waals surface area contributed by atoms with Crippen LogP contribution in [0.1, 0.15) is 27.4 Å². The summed E-state index contributed by atoms with van der Waals surface area (Å²) < 4.78 is 23.8. The molecule has 0 aliphatic carbocycles. The van der Waals surface area contributed by atoms with Crippen LogP contribution in [0.2, 0.25) is 0 Å². The zero-order chi connectivity index (χ0) is 20.4. The molecule has 0 atom stereocenters. The van der Waals surface area contributed by atoms with Crippen LogP contribution in [-0.2, 0) is 11.3 Å². The lowest BCUT2D eigenvalue weighted by molar-refractivity contribution is 0.0455. The highest BCUT2D eigenvalue weighted by Crippen LogP contribution is 2.26. The van der Waals surface area contributed by atoms with Crippen molar-refractivity contribution in [1.29, 1.82) is 0 Å². The zero-order valence-corrected chi connectivity index (χ0v) is 15.8. The molecule has 0 bridgehead atoms. The van der Waals surface area contributed by atoms with E-state index in [9.17, 15) is 9.18 Å². The van der Waals surface area contributed by atoms with Gasteiger partial charge < -0.3 is 9.26 Å². The van der Waals surface area contributed by atoms with Crippen LogP contribution in [0.15, 0.2) is 59.1 Å². The van der Waals surface area contributed by atoms with Crippen molar-refractivity contribution in [2.24, 2.45) is 0 Å². The molecule has 0 fully saturated rings. The first kappa shape index (κ1) is 18.5. The van der Waals surface area contributed by atoms with E-state index in [1.165, 1.54) is 16.9 Å². The Morgan fingerprint density at radius 1 is 1.07 bits per heavy atom. The van der Waals surface area contributed by atoms with Gasteiger partial charge in [0.25, 0.3) is 0 Å². The van der Waals surface area contributed by atoms with E-state index in [-0.39, 0.29) is 18.1 Å². The molecular formula is C21H17FN4O3. The van der Waals surface area contributed by atoms with Crippen molar-refractivity contribution in [1.82, 2.24) is 20.2 Å².